The van der Waals surface area contributed by atoms with Crippen LogP contribution in [0.1, 0.15) is 88.0 Å². The van der Waals surface area contributed by atoms with Crippen LogP contribution < -0.4 is 0 Å². The van der Waals surface area contributed by atoms with Crippen molar-refractivity contribution in [3.05, 3.63) is 0 Å². The molecule has 0 aromatic carbocycles. The topological polar surface area (TPSA) is 115 Å². The van der Waals surface area contributed by atoms with Crippen LogP contribution in [-0.4, -0.2) is 38.2 Å². The van der Waals surface area contributed by atoms with E-state index in [1.54, 1.807) is 48.5 Å². The van der Waals surface area contributed by atoms with Gasteiger partial charge in [-0.2, -0.15) is 0 Å². The lowest BCUT2D eigenvalue weighted by atomic mass is 9.90. The second kappa shape index (κ2) is 12.3. The Morgan fingerprint density at radius 3 is 1.20 bits per heavy atom. The van der Waals surface area contributed by atoms with Gasteiger partial charge in [0.25, 0.3) is 0 Å². The van der Waals surface area contributed by atoms with E-state index in [0.29, 0.717) is 6.42 Å². The quantitative estimate of drug-likeness (QED) is 0.545. The molecule has 6 nitrogen and oxygen atoms in total. The second-order valence-corrected chi connectivity index (χ2v) is 8.24. The van der Waals surface area contributed by atoms with Gasteiger partial charge in [-0.1, -0.05) is 27.2 Å². The first-order valence-corrected chi connectivity index (χ1v) is 8.88. The number of rotatable bonds is 5. The minimum absolute atomic E-state index is 0.0394. The van der Waals surface area contributed by atoms with Crippen LogP contribution in [0, 0.1) is 16.7 Å². The standard InChI is InChI=1S/C9H20O2.2C5H10O2/c1-4-7-8(5-2)9(10,11)6-3;2*1-5(2,3)4(6)7/h8,10-11H,4-7H2,1-3H3;2*1-3H3,(H,6,7). The van der Waals surface area contributed by atoms with Crippen molar-refractivity contribution in [3.8, 4) is 0 Å². The summed E-state index contributed by atoms with van der Waals surface area (Å²) in [5, 5.41) is 35.4. The van der Waals surface area contributed by atoms with E-state index in [2.05, 4.69) is 6.92 Å². The SMILES string of the molecule is CC(C)(C)C(=O)O.CC(C)(C)C(=O)O.CCCC(CC)C(O)(O)CC. The smallest absolute Gasteiger partial charge is 0.308 e. The Hall–Kier alpha value is -1.14. The molecule has 1 atom stereocenters. The Kier molecular flexibility index (Phi) is 14.0. The van der Waals surface area contributed by atoms with Crippen molar-refractivity contribution in [1.29, 1.82) is 0 Å². The monoisotopic (exact) mass is 364 g/mol. The Bertz CT molecular complexity index is 350. The lowest BCUT2D eigenvalue weighted by molar-refractivity contribution is -0.204. The Balaban J connectivity index is -0.000000304. The van der Waals surface area contributed by atoms with Gasteiger partial charge in [-0.25, -0.2) is 0 Å². The molecular formula is C19H40O6. The minimum Gasteiger partial charge on any atom is -0.481 e. The average molecular weight is 365 g/mol. The number of aliphatic hydroxyl groups is 2. The zero-order valence-electron chi connectivity index (χ0n) is 17.5. The number of hydrogen-bond acceptors (Lipinski definition) is 4. The summed E-state index contributed by atoms with van der Waals surface area (Å²) in [6.07, 6.45) is 3.18. The molecule has 0 radical (unpaired) electrons. The third-order valence-corrected chi connectivity index (χ3v) is 3.59. The molecular weight excluding hydrogens is 324 g/mol. The molecule has 0 aliphatic carbocycles. The van der Waals surface area contributed by atoms with Gasteiger partial charge in [0.05, 0.1) is 10.8 Å². The van der Waals surface area contributed by atoms with Gasteiger partial charge in [0.1, 0.15) is 0 Å². The highest BCUT2D eigenvalue weighted by atomic mass is 16.5. The maximum atomic E-state index is 10.0. The fourth-order valence-corrected chi connectivity index (χ4v) is 1.40. The Labute approximate surface area is 153 Å². The van der Waals surface area contributed by atoms with Gasteiger partial charge in [-0.3, -0.25) is 9.59 Å². The van der Waals surface area contributed by atoms with Crippen molar-refractivity contribution in [2.24, 2.45) is 16.7 Å². The maximum Gasteiger partial charge on any atom is 0.308 e. The molecule has 6 heteroatoms. The van der Waals surface area contributed by atoms with Gasteiger partial charge in [-0.15, -0.1) is 0 Å². The molecule has 0 amide bonds. The van der Waals surface area contributed by atoms with Crippen molar-refractivity contribution in [1.82, 2.24) is 0 Å². The highest BCUT2D eigenvalue weighted by Gasteiger charge is 2.29. The molecule has 0 aliphatic heterocycles. The zero-order valence-corrected chi connectivity index (χ0v) is 17.5. The highest BCUT2D eigenvalue weighted by Crippen LogP contribution is 2.25. The molecule has 0 spiro atoms. The van der Waals surface area contributed by atoms with E-state index in [1.165, 1.54) is 0 Å². The van der Waals surface area contributed by atoms with Gasteiger partial charge in [-0.05, 0) is 60.8 Å². The first kappa shape index (κ1) is 28.7. The van der Waals surface area contributed by atoms with Crippen LogP contribution in [0.25, 0.3) is 0 Å². The van der Waals surface area contributed by atoms with E-state index in [9.17, 15) is 19.8 Å². The van der Waals surface area contributed by atoms with E-state index >= 15 is 0 Å². The van der Waals surface area contributed by atoms with Crippen molar-refractivity contribution < 1.29 is 30.0 Å². The zero-order chi connectivity index (χ0) is 21.1. The van der Waals surface area contributed by atoms with Crippen LogP contribution in [0.4, 0.5) is 0 Å². The predicted molar refractivity (Wildman–Crippen MR) is 100 cm³/mol. The summed E-state index contributed by atoms with van der Waals surface area (Å²) in [7, 11) is 0. The highest BCUT2D eigenvalue weighted by molar-refractivity contribution is 5.73. The van der Waals surface area contributed by atoms with Crippen LogP contribution in [0.2, 0.25) is 0 Å². The lowest BCUT2D eigenvalue weighted by Gasteiger charge is -2.29. The van der Waals surface area contributed by atoms with Gasteiger partial charge in [0.15, 0.2) is 5.79 Å². The van der Waals surface area contributed by atoms with Crippen molar-refractivity contribution in [2.45, 2.75) is 93.8 Å². The van der Waals surface area contributed by atoms with Crippen LogP contribution >= 0.6 is 0 Å². The summed E-state index contributed by atoms with van der Waals surface area (Å²) in [5.41, 5.74) is -1.17. The Morgan fingerprint density at radius 1 is 0.800 bits per heavy atom. The average Bonchev–Trinajstić information content (AvgIpc) is 2.43. The molecule has 0 saturated heterocycles. The largest absolute Gasteiger partial charge is 0.481 e. The van der Waals surface area contributed by atoms with E-state index in [0.717, 1.165) is 19.3 Å². The van der Waals surface area contributed by atoms with Gasteiger partial charge in [0.2, 0.25) is 0 Å². The molecule has 0 bridgehead atoms. The third-order valence-electron chi connectivity index (χ3n) is 3.59. The summed E-state index contributed by atoms with van der Waals surface area (Å²) < 4.78 is 0. The molecule has 0 rings (SSSR count). The van der Waals surface area contributed by atoms with Crippen LogP contribution in [-0.2, 0) is 9.59 Å². The molecule has 0 aromatic rings. The predicted octanol–water partition coefficient (Wildman–Crippen LogP) is 4.14. The summed E-state index contributed by atoms with van der Waals surface area (Å²) in [6.45, 7) is 15.8. The van der Waals surface area contributed by atoms with Gasteiger partial charge >= 0.3 is 11.9 Å². The Morgan fingerprint density at radius 2 is 1.08 bits per heavy atom. The summed E-state index contributed by atoms with van der Waals surface area (Å²) in [6, 6.07) is 0. The number of carboxylic acid groups (broad SMARTS) is 2. The van der Waals surface area contributed by atoms with Crippen molar-refractivity contribution in [3.63, 3.8) is 0 Å². The van der Waals surface area contributed by atoms with Crippen molar-refractivity contribution >= 4 is 11.9 Å². The van der Waals surface area contributed by atoms with E-state index < -0.39 is 28.6 Å². The first-order valence-electron chi connectivity index (χ1n) is 8.88. The fraction of sp³-hybridized carbons (Fsp3) is 0.895. The molecule has 0 aliphatic rings. The fourth-order valence-electron chi connectivity index (χ4n) is 1.40. The van der Waals surface area contributed by atoms with Crippen molar-refractivity contribution in [2.75, 3.05) is 0 Å². The molecule has 4 N–H and O–H groups in total. The lowest BCUT2D eigenvalue weighted by Crippen LogP contribution is -2.36. The van der Waals surface area contributed by atoms with Crippen LogP contribution in [0.3, 0.4) is 0 Å². The first-order chi connectivity index (χ1) is 11.0. The number of hydrogen-bond donors (Lipinski definition) is 4. The minimum atomic E-state index is -1.44. The maximum absolute atomic E-state index is 10.0. The second-order valence-electron chi connectivity index (χ2n) is 8.24. The van der Waals surface area contributed by atoms with Gasteiger partial charge in [0, 0.05) is 5.92 Å². The van der Waals surface area contributed by atoms with Crippen LogP contribution in [0.15, 0.2) is 0 Å². The molecule has 0 fully saturated rings. The number of carbonyl (C=O) groups is 2. The number of carboxylic acids is 2. The molecule has 152 valence electrons. The third kappa shape index (κ3) is 16.1. The summed E-state index contributed by atoms with van der Waals surface area (Å²) >= 11 is 0. The summed E-state index contributed by atoms with van der Waals surface area (Å²) in [4.78, 5) is 20.0. The normalized spacial score (nSPS) is 12.9. The number of aliphatic carboxylic acids is 2. The van der Waals surface area contributed by atoms with E-state index in [-0.39, 0.29) is 5.92 Å². The van der Waals surface area contributed by atoms with Gasteiger partial charge < -0.3 is 20.4 Å². The molecule has 0 saturated carbocycles. The molecule has 1 unspecified atom stereocenters. The molecule has 0 aromatic heterocycles. The van der Waals surface area contributed by atoms with E-state index in [4.69, 9.17) is 10.2 Å². The van der Waals surface area contributed by atoms with Crippen LogP contribution in [0.5, 0.6) is 0 Å². The summed E-state index contributed by atoms with van der Waals surface area (Å²) in [5.74, 6) is -2.91. The van der Waals surface area contributed by atoms with E-state index in [1.807, 2.05) is 6.92 Å². The molecule has 25 heavy (non-hydrogen) atoms. The molecule has 0 heterocycles.